The highest BCUT2D eigenvalue weighted by molar-refractivity contribution is 14.1. The standard InChI is InChI=1S/C11H17IN2O/c1-14(2)13-8-3-9-15-11-6-4-10(12)5-7-11/h4-7,13H,3,8-9H2,1-2H3. The third kappa shape index (κ3) is 5.96. The first-order valence-corrected chi connectivity index (χ1v) is 6.05. The number of hydrazine groups is 1. The van der Waals surface area contributed by atoms with Crippen LogP contribution in [0.15, 0.2) is 24.3 Å². The van der Waals surface area contributed by atoms with Gasteiger partial charge in [0.2, 0.25) is 0 Å². The zero-order chi connectivity index (χ0) is 11.1. The number of halogens is 1. The number of benzene rings is 1. The lowest BCUT2D eigenvalue weighted by Gasteiger charge is -2.11. The van der Waals surface area contributed by atoms with E-state index < -0.39 is 0 Å². The Balaban J connectivity index is 2.12. The van der Waals surface area contributed by atoms with Gasteiger partial charge in [0.05, 0.1) is 6.61 Å². The maximum absolute atomic E-state index is 5.58. The van der Waals surface area contributed by atoms with Crippen LogP contribution in [0.25, 0.3) is 0 Å². The van der Waals surface area contributed by atoms with Crippen molar-refractivity contribution >= 4 is 22.6 Å². The van der Waals surface area contributed by atoms with Gasteiger partial charge in [-0.3, -0.25) is 10.4 Å². The Morgan fingerprint density at radius 3 is 2.53 bits per heavy atom. The first-order chi connectivity index (χ1) is 7.18. The van der Waals surface area contributed by atoms with E-state index >= 15 is 0 Å². The highest BCUT2D eigenvalue weighted by Gasteiger charge is 1.94. The first-order valence-electron chi connectivity index (χ1n) is 4.97. The predicted octanol–water partition coefficient (Wildman–Crippen LogP) is 2.13. The van der Waals surface area contributed by atoms with Crippen LogP contribution < -0.4 is 10.2 Å². The number of hydrogen-bond acceptors (Lipinski definition) is 3. The predicted molar refractivity (Wildman–Crippen MR) is 71.0 cm³/mol. The van der Waals surface area contributed by atoms with Crippen LogP contribution >= 0.6 is 22.6 Å². The normalized spacial score (nSPS) is 10.7. The second-order valence-electron chi connectivity index (χ2n) is 3.46. The highest BCUT2D eigenvalue weighted by atomic mass is 127. The lowest BCUT2D eigenvalue weighted by molar-refractivity contribution is 0.256. The minimum Gasteiger partial charge on any atom is -0.494 e. The summed E-state index contributed by atoms with van der Waals surface area (Å²) in [5.41, 5.74) is 3.19. The van der Waals surface area contributed by atoms with E-state index in [0.29, 0.717) is 0 Å². The summed E-state index contributed by atoms with van der Waals surface area (Å²) in [5, 5.41) is 1.95. The quantitative estimate of drug-likeness (QED) is 0.494. The van der Waals surface area contributed by atoms with E-state index in [4.69, 9.17) is 4.74 Å². The van der Waals surface area contributed by atoms with Crippen LogP contribution in [0, 0.1) is 3.57 Å². The van der Waals surface area contributed by atoms with Gasteiger partial charge in [0.15, 0.2) is 0 Å². The van der Waals surface area contributed by atoms with Gasteiger partial charge < -0.3 is 4.74 Å². The molecule has 0 unspecified atom stereocenters. The first kappa shape index (κ1) is 12.7. The summed E-state index contributed by atoms with van der Waals surface area (Å²) in [6.45, 7) is 1.69. The van der Waals surface area contributed by atoms with Crippen molar-refractivity contribution < 1.29 is 4.74 Å². The zero-order valence-electron chi connectivity index (χ0n) is 9.16. The highest BCUT2D eigenvalue weighted by Crippen LogP contribution is 2.13. The summed E-state index contributed by atoms with van der Waals surface area (Å²) >= 11 is 2.28. The Labute approximate surface area is 105 Å². The molecule has 0 radical (unpaired) electrons. The molecule has 1 N–H and O–H groups in total. The minimum atomic E-state index is 0.751. The van der Waals surface area contributed by atoms with Gasteiger partial charge >= 0.3 is 0 Å². The van der Waals surface area contributed by atoms with E-state index in [0.717, 1.165) is 25.3 Å². The summed E-state index contributed by atoms with van der Waals surface area (Å²) in [6.07, 6.45) is 1.00. The van der Waals surface area contributed by atoms with E-state index in [2.05, 4.69) is 28.0 Å². The van der Waals surface area contributed by atoms with Crippen LogP contribution in [-0.4, -0.2) is 32.3 Å². The van der Waals surface area contributed by atoms with E-state index in [1.54, 1.807) is 0 Å². The Morgan fingerprint density at radius 1 is 1.27 bits per heavy atom. The minimum absolute atomic E-state index is 0.751. The molecule has 0 bridgehead atoms. The Kier molecular flexibility index (Phi) is 5.97. The topological polar surface area (TPSA) is 24.5 Å². The number of rotatable bonds is 6. The lowest BCUT2D eigenvalue weighted by atomic mass is 10.3. The molecule has 0 aliphatic rings. The van der Waals surface area contributed by atoms with Gasteiger partial charge in [-0.2, -0.15) is 0 Å². The average Bonchev–Trinajstić information content (AvgIpc) is 2.20. The maximum atomic E-state index is 5.58. The second-order valence-corrected chi connectivity index (χ2v) is 4.70. The molecule has 0 atom stereocenters. The summed E-state index contributed by atoms with van der Waals surface area (Å²) in [7, 11) is 3.97. The van der Waals surface area contributed by atoms with Crippen molar-refractivity contribution in [2.24, 2.45) is 0 Å². The largest absolute Gasteiger partial charge is 0.494 e. The van der Waals surface area contributed by atoms with E-state index in [1.165, 1.54) is 3.57 Å². The lowest BCUT2D eigenvalue weighted by Crippen LogP contribution is -2.31. The van der Waals surface area contributed by atoms with E-state index in [-0.39, 0.29) is 0 Å². The molecule has 1 aromatic carbocycles. The van der Waals surface area contributed by atoms with Gasteiger partial charge in [-0.1, -0.05) is 0 Å². The second kappa shape index (κ2) is 7.03. The molecule has 0 aliphatic heterocycles. The molecule has 3 nitrogen and oxygen atoms in total. The summed E-state index contributed by atoms with van der Waals surface area (Å²) in [4.78, 5) is 0. The van der Waals surface area contributed by atoms with Crippen molar-refractivity contribution in [3.63, 3.8) is 0 Å². The molecule has 0 spiro atoms. The van der Waals surface area contributed by atoms with Gasteiger partial charge in [0, 0.05) is 24.2 Å². The molecule has 0 aromatic heterocycles. The Hall–Kier alpha value is -0.330. The van der Waals surface area contributed by atoms with Gasteiger partial charge in [0.1, 0.15) is 5.75 Å². The van der Waals surface area contributed by atoms with Gasteiger partial charge in [-0.25, -0.2) is 0 Å². The Morgan fingerprint density at radius 2 is 1.93 bits per heavy atom. The molecule has 0 fully saturated rings. The van der Waals surface area contributed by atoms with Crippen LogP contribution in [0.1, 0.15) is 6.42 Å². The molecule has 84 valence electrons. The fraction of sp³-hybridized carbons (Fsp3) is 0.455. The summed E-state index contributed by atoms with van der Waals surface area (Å²) < 4.78 is 6.81. The molecule has 1 rings (SSSR count). The molecule has 4 heteroatoms. The number of nitrogens with zero attached hydrogens (tertiary/aromatic N) is 1. The smallest absolute Gasteiger partial charge is 0.119 e. The van der Waals surface area contributed by atoms with E-state index in [1.807, 2.05) is 43.4 Å². The van der Waals surface area contributed by atoms with Crippen LogP contribution in [0.4, 0.5) is 0 Å². The number of nitrogens with one attached hydrogen (secondary N) is 1. The maximum Gasteiger partial charge on any atom is 0.119 e. The van der Waals surface area contributed by atoms with Crippen LogP contribution in [0.5, 0.6) is 5.75 Å². The zero-order valence-corrected chi connectivity index (χ0v) is 11.3. The van der Waals surface area contributed by atoms with Crippen LogP contribution in [0.2, 0.25) is 0 Å². The molecule has 0 aliphatic carbocycles. The molecule has 0 saturated heterocycles. The molecule has 0 saturated carbocycles. The van der Waals surface area contributed by atoms with E-state index in [9.17, 15) is 0 Å². The molecular weight excluding hydrogens is 303 g/mol. The van der Waals surface area contributed by atoms with Crippen molar-refractivity contribution in [2.45, 2.75) is 6.42 Å². The van der Waals surface area contributed by atoms with Gasteiger partial charge in [-0.05, 0) is 53.3 Å². The average molecular weight is 320 g/mol. The van der Waals surface area contributed by atoms with Crippen molar-refractivity contribution in [3.8, 4) is 5.75 Å². The van der Waals surface area contributed by atoms with Crippen molar-refractivity contribution in [1.29, 1.82) is 0 Å². The van der Waals surface area contributed by atoms with Crippen molar-refractivity contribution in [1.82, 2.24) is 10.4 Å². The molecule has 1 aromatic rings. The molecule has 0 heterocycles. The fourth-order valence-corrected chi connectivity index (χ4v) is 1.46. The summed E-state index contributed by atoms with van der Waals surface area (Å²) in [6, 6.07) is 8.10. The van der Waals surface area contributed by atoms with Crippen molar-refractivity contribution in [2.75, 3.05) is 27.2 Å². The molecular formula is C11H17IN2O. The SMILES string of the molecule is CN(C)NCCCOc1ccc(I)cc1. The summed E-state index contributed by atoms with van der Waals surface area (Å²) in [5.74, 6) is 0.945. The third-order valence-corrected chi connectivity index (χ3v) is 2.55. The monoisotopic (exact) mass is 320 g/mol. The molecule has 15 heavy (non-hydrogen) atoms. The fourth-order valence-electron chi connectivity index (χ4n) is 1.10. The third-order valence-electron chi connectivity index (χ3n) is 1.83. The number of hydrogen-bond donors (Lipinski definition) is 1. The van der Waals surface area contributed by atoms with Crippen molar-refractivity contribution in [3.05, 3.63) is 27.8 Å². The van der Waals surface area contributed by atoms with Gasteiger partial charge in [0.25, 0.3) is 0 Å². The number of ether oxygens (including phenoxy) is 1. The molecule has 0 amide bonds. The van der Waals surface area contributed by atoms with Crippen LogP contribution in [-0.2, 0) is 0 Å². The van der Waals surface area contributed by atoms with Gasteiger partial charge in [-0.15, -0.1) is 0 Å². The Bertz CT molecular complexity index is 274. The van der Waals surface area contributed by atoms with Crippen LogP contribution in [0.3, 0.4) is 0 Å².